The molecule has 0 aromatic rings. The SMILES string of the molecule is CCCCC=CCCCC=CCCCC. The number of unbranched alkanes of at least 4 members (excludes halogenated alkanes) is 6. The molecular weight excluding hydrogens is 180 g/mol. The topological polar surface area (TPSA) is 0 Å². The predicted molar refractivity (Wildman–Crippen MR) is 71.2 cm³/mol. The molecule has 0 rings (SSSR count). The average Bonchev–Trinajstić information content (AvgIpc) is 2.26. The standard InChI is InChI=1S/C15H28/c1-3-5-7-9-11-13-15-14-12-10-8-6-4-2/h9-12H,3-8,13-15H2,1-2H3. The van der Waals surface area contributed by atoms with Crippen LogP contribution in [0.25, 0.3) is 0 Å². The quantitative estimate of drug-likeness (QED) is 0.321. The third kappa shape index (κ3) is 13.5. The van der Waals surface area contributed by atoms with Crippen molar-refractivity contribution >= 4 is 0 Å². The summed E-state index contributed by atoms with van der Waals surface area (Å²) in [5.41, 5.74) is 0. The summed E-state index contributed by atoms with van der Waals surface area (Å²) < 4.78 is 0. The molecule has 0 fully saturated rings. The molecule has 0 nitrogen and oxygen atoms in total. The molecule has 0 bridgehead atoms. The van der Waals surface area contributed by atoms with Crippen LogP contribution in [0.4, 0.5) is 0 Å². The highest BCUT2D eigenvalue weighted by molar-refractivity contribution is 4.85. The van der Waals surface area contributed by atoms with Crippen LogP contribution in [0, 0.1) is 0 Å². The molecule has 0 saturated carbocycles. The van der Waals surface area contributed by atoms with Crippen molar-refractivity contribution in [2.75, 3.05) is 0 Å². The van der Waals surface area contributed by atoms with E-state index < -0.39 is 0 Å². The van der Waals surface area contributed by atoms with Crippen molar-refractivity contribution in [3.05, 3.63) is 24.3 Å². The van der Waals surface area contributed by atoms with E-state index in [1.165, 1.54) is 57.8 Å². The Balaban J connectivity index is 3.10. The first-order valence-electron chi connectivity index (χ1n) is 6.71. The van der Waals surface area contributed by atoms with E-state index in [1.807, 2.05) is 0 Å². The van der Waals surface area contributed by atoms with Crippen LogP contribution in [0.15, 0.2) is 24.3 Å². The molecule has 0 N–H and O–H groups in total. The summed E-state index contributed by atoms with van der Waals surface area (Å²) in [6.45, 7) is 4.49. The molecule has 0 heteroatoms. The minimum atomic E-state index is 1.25. The lowest BCUT2D eigenvalue weighted by Gasteiger charge is -1.92. The van der Waals surface area contributed by atoms with Crippen LogP contribution in [0.3, 0.4) is 0 Å². The zero-order valence-electron chi connectivity index (χ0n) is 10.7. The largest absolute Gasteiger partial charge is 0.0885 e. The summed E-state index contributed by atoms with van der Waals surface area (Å²) in [4.78, 5) is 0. The molecule has 0 aliphatic carbocycles. The number of hydrogen-bond acceptors (Lipinski definition) is 0. The first-order valence-corrected chi connectivity index (χ1v) is 6.71. The van der Waals surface area contributed by atoms with Crippen molar-refractivity contribution in [1.82, 2.24) is 0 Å². The molecule has 0 aromatic heterocycles. The summed E-state index contributed by atoms with van der Waals surface area (Å²) in [7, 11) is 0. The zero-order chi connectivity index (χ0) is 11.2. The summed E-state index contributed by atoms with van der Waals surface area (Å²) in [5.74, 6) is 0. The second-order valence-electron chi connectivity index (χ2n) is 4.16. The van der Waals surface area contributed by atoms with Crippen LogP contribution in [-0.4, -0.2) is 0 Å². The lowest BCUT2D eigenvalue weighted by Crippen LogP contribution is -1.72. The predicted octanol–water partition coefficient (Wildman–Crippen LogP) is 5.65. The molecule has 0 aliphatic rings. The third-order valence-corrected chi connectivity index (χ3v) is 2.52. The Kier molecular flexibility index (Phi) is 13.0. The van der Waals surface area contributed by atoms with Crippen LogP contribution in [0.5, 0.6) is 0 Å². The van der Waals surface area contributed by atoms with E-state index in [-0.39, 0.29) is 0 Å². The minimum absolute atomic E-state index is 1.25. The van der Waals surface area contributed by atoms with Crippen molar-refractivity contribution in [2.45, 2.75) is 71.6 Å². The molecule has 0 radical (unpaired) electrons. The van der Waals surface area contributed by atoms with E-state index >= 15 is 0 Å². The smallest absolute Gasteiger partial charge is 0.0348 e. The molecule has 0 atom stereocenters. The summed E-state index contributed by atoms with van der Waals surface area (Å²) in [6.07, 6.45) is 21.0. The fourth-order valence-electron chi connectivity index (χ4n) is 1.47. The van der Waals surface area contributed by atoms with Gasteiger partial charge in [0.2, 0.25) is 0 Å². The highest BCUT2D eigenvalue weighted by Gasteiger charge is 1.82. The highest BCUT2D eigenvalue weighted by atomic mass is 13.9. The monoisotopic (exact) mass is 208 g/mol. The van der Waals surface area contributed by atoms with Gasteiger partial charge in [-0.2, -0.15) is 0 Å². The van der Waals surface area contributed by atoms with Crippen molar-refractivity contribution in [3.63, 3.8) is 0 Å². The second kappa shape index (κ2) is 13.5. The van der Waals surface area contributed by atoms with E-state index in [2.05, 4.69) is 38.2 Å². The van der Waals surface area contributed by atoms with Crippen LogP contribution >= 0.6 is 0 Å². The van der Waals surface area contributed by atoms with Crippen LogP contribution in [0.1, 0.15) is 71.6 Å². The highest BCUT2D eigenvalue weighted by Crippen LogP contribution is 2.02. The lowest BCUT2D eigenvalue weighted by atomic mass is 10.1. The van der Waals surface area contributed by atoms with Gasteiger partial charge in [-0.3, -0.25) is 0 Å². The van der Waals surface area contributed by atoms with Crippen molar-refractivity contribution in [2.24, 2.45) is 0 Å². The number of allylic oxidation sites excluding steroid dienone is 4. The second-order valence-corrected chi connectivity index (χ2v) is 4.16. The maximum Gasteiger partial charge on any atom is -0.0348 e. The molecule has 0 amide bonds. The van der Waals surface area contributed by atoms with Gasteiger partial charge in [0.05, 0.1) is 0 Å². The number of hydrogen-bond donors (Lipinski definition) is 0. The molecular formula is C15H28. The van der Waals surface area contributed by atoms with Gasteiger partial charge >= 0.3 is 0 Å². The summed E-state index contributed by atoms with van der Waals surface area (Å²) in [5, 5.41) is 0. The van der Waals surface area contributed by atoms with E-state index in [1.54, 1.807) is 0 Å². The van der Waals surface area contributed by atoms with E-state index in [0.717, 1.165) is 0 Å². The minimum Gasteiger partial charge on any atom is -0.0885 e. The molecule has 0 unspecified atom stereocenters. The Labute approximate surface area is 96.5 Å². The summed E-state index contributed by atoms with van der Waals surface area (Å²) >= 11 is 0. The van der Waals surface area contributed by atoms with Crippen molar-refractivity contribution in [3.8, 4) is 0 Å². The lowest BCUT2D eigenvalue weighted by molar-refractivity contribution is 0.799. The van der Waals surface area contributed by atoms with E-state index in [0.29, 0.717) is 0 Å². The molecule has 88 valence electrons. The van der Waals surface area contributed by atoms with Crippen LogP contribution < -0.4 is 0 Å². The van der Waals surface area contributed by atoms with Gasteiger partial charge in [0, 0.05) is 0 Å². The zero-order valence-corrected chi connectivity index (χ0v) is 10.7. The van der Waals surface area contributed by atoms with Gasteiger partial charge < -0.3 is 0 Å². The normalized spacial score (nSPS) is 11.9. The Bertz CT molecular complexity index is 135. The maximum atomic E-state index is 2.34. The van der Waals surface area contributed by atoms with E-state index in [4.69, 9.17) is 0 Å². The molecule has 0 saturated heterocycles. The van der Waals surface area contributed by atoms with Gasteiger partial charge in [0.1, 0.15) is 0 Å². The fourth-order valence-corrected chi connectivity index (χ4v) is 1.47. The first kappa shape index (κ1) is 14.5. The van der Waals surface area contributed by atoms with Crippen molar-refractivity contribution < 1.29 is 0 Å². The molecule has 0 aliphatic heterocycles. The Hall–Kier alpha value is -0.520. The Morgan fingerprint density at radius 1 is 0.533 bits per heavy atom. The Morgan fingerprint density at radius 2 is 0.867 bits per heavy atom. The first-order chi connectivity index (χ1) is 7.41. The molecule has 15 heavy (non-hydrogen) atoms. The van der Waals surface area contributed by atoms with Gasteiger partial charge in [0.25, 0.3) is 0 Å². The van der Waals surface area contributed by atoms with Gasteiger partial charge in [-0.15, -0.1) is 0 Å². The molecule has 0 heterocycles. The Morgan fingerprint density at radius 3 is 1.20 bits per heavy atom. The third-order valence-electron chi connectivity index (χ3n) is 2.52. The van der Waals surface area contributed by atoms with Crippen LogP contribution in [0.2, 0.25) is 0 Å². The van der Waals surface area contributed by atoms with E-state index in [9.17, 15) is 0 Å². The van der Waals surface area contributed by atoms with Crippen molar-refractivity contribution in [1.29, 1.82) is 0 Å². The van der Waals surface area contributed by atoms with Gasteiger partial charge in [-0.25, -0.2) is 0 Å². The maximum absolute atomic E-state index is 2.34. The molecule has 0 spiro atoms. The summed E-state index contributed by atoms with van der Waals surface area (Å²) in [6, 6.07) is 0. The van der Waals surface area contributed by atoms with Crippen LogP contribution in [-0.2, 0) is 0 Å². The number of rotatable bonds is 10. The van der Waals surface area contributed by atoms with Gasteiger partial charge in [-0.1, -0.05) is 63.8 Å². The molecule has 0 aromatic carbocycles. The van der Waals surface area contributed by atoms with Gasteiger partial charge in [0.15, 0.2) is 0 Å². The average molecular weight is 208 g/mol. The fraction of sp³-hybridized carbons (Fsp3) is 0.733. The van der Waals surface area contributed by atoms with Gasteiger partial charge in [-0.05, 0) is 32.1 Å².